The Morgan fingerprint density at radius 1 is 0.946 bits per heavy atom. The first kappa shape index (κ1) is 24.1. The molecule has 5 aromatic rings. The van der Waals surface area contributed by atoms with Crippen LogP contribution in [0.4, 0.5) is 14.9 Å². The summed E-state index contributed by atoms with van der Waals surface area (Å²) in [5.41, 5.74) is 4.38. The smallest absolute Gasteiger partial charge is 0.330 e. The summed E-state index contributed by atoms with van der Waals surface area (Å²) in [6.45, 7) is 4.40. The summed E-state index contributed by atoms with van der Waals surface area (Å²) in [5.74, 6) is -0.387. The molecular weight excluding hydrogens is 471 g/mol. The molecule has 0 aliphatic carbocycles. The molecule has 2 aromatic heterocycles. The molecule has 2 heterocycles. The molecule has 7 nitrogen and oxygen atoms in total. The molecule has 5 rings (SSSR count). The van der Waals surface area contributed by atoms with Gasteiger partial charge in [-0.3, -0.25) is 4.57 Å². The molecule has 0 spiro atoms. The Bertz CT molecular complexity index is 1570. The molecule has 0 saturated carbocycles. The van der Waals surface area contributed by atoms with Gasteiger partial charge in [0.25, 0.3) is 0 Å². The number of aromatic nitrogens is 3. The Balaban J connectivity index is 1.32. The number of amides is 1. The van der Waals surface area contributed by atoms with Crippen molar-refractivity contribution in [3.63, 3.8) is 0 Å². The average Bonchev–Trinajstić information content (AvgIpc) is 3.23. The maximum atomic E-state index is 15.4. The monoisotopic (exact) mass is 496 g/mol. The summed E-state index contributed by atoms with van der Waals surface area (Å²) in [6, 6.07) is 23.3. The molecule has 0 aliphatic rings. The predicted molar refractivity (Wildman–Crippen MR) is 139 cm³/mol. The summed E-state index contributed by atoms with van der Waals surface area (Å²) in [5, 5.41) is 3.14. The Morgan fingerprint density at radius 3 is 2.59 bits per heavy atom. The fourth-order valence-corrected chi connectivity index (χ4v) is 4.08. The number of ether oxygens (including phenoxy) is 2. The Kier molecular flexibility index (Phi) is 6.91. The number of aryl methyl sites for hydroxylation is 2. The number of rotatable bonds is 7. The van der Waals surface area contributed by atoms with Crippen LogP contribution in [-0.2, 0) is 18.0 Å². The number of hydrogen-bond acceptors (Lipinski definition) is 5. The number of nitrogens with one attached hydrogen (secondary N) is 1. The number of halogens is 1. The lowest BCUT2D eigenvalue weighted by Crippen LogP contribution is -2.20. The van der Waals surface area contributed by atoms with Crippen LogP contribution in [0.1, 0.15) is 22.5 Å². The fourth-order valence-electron chi connectivity index (χ4n) is 4.08. The zero-order chi connectivity index (χ0) is 25.8. The first-order chi connectivity index (χ1) is 18.0. The highest BCUT2D eigenvalue weighted by atomic mass is 19.1. The first-order valence-electron chi connectivity index (χ1n) is 11.8. The van der Waals surface area contributed by atoms with E-state index in [1.807, 2.05) is 55.5 Å². The second-order valence-corrected chi connectivity index (χ2v) is 8.66. The van der Waals surface area contributed by atoms with Gasteiger partial charge in [0.05, 0.1) is 24.4 Å². The van der Waals surface area contributed by atoms with Crippen molar-refractivity contribution in [2.45, 2.75) is 27.1 Å². The number of benzene rings is 3. The second kappa shape index (κ2) is 10.6. The Labute approximate surface area is 213 Å². The SMILES string of the molecule is Cc1cccc(NC(=O)n2c(C)cc3c(F)c(Oc4cc(COCc5ccccc5)ncn4)ccc32)c1. The third-order valence-corrected chi connectivity index (χ3v) is 5.82. The van der Waals surface area contributed by atoms with Crippen LogP contribution >= 0.6 is 0 Å². The van der Waals surface area contributed by atoms with Crippen LogP contribution in [-0.4, -0.2) is 20.6 Å². The highest BCUT2D eigenvalue weighted by Crippen LogP contribution is 2.31. The maximum absolute atomic E-state index is 15.4. The van der Waals surface area contributed by atoms with Crippen LogP contribution in [0.3, 0.4) is 0 Å². The molecule has 37 heavy (non-hydrogen) atoms. The zero-order valence-electron chi connectivity index (χ0n) is 20.4. The average molecular weight is 497 g/mol. The minimum atomic E-state index is -0.580. The largest absolute Gasteiger partial charge is 0.436 e. The van der Waals surface area contributed by atoms with Crippen molar-refractivity contribution in [1.82, 2.24) is 14.5 Å². The van der Waals surface area contributed by atoms with Gasteiger partial charge >= 0.3 is 6.03 Å². The van der Waals surface area contributed by atoms with Crippen molar-refractivity contribution in [3.8, 4) is 11.6 Å². The van der Waals surface area contributed by atoms with Gasteiger partial charge in [0.15, 0.2) is 11.6 Å². The number of carbonyl (C=O) groups is 1. The van der Waals surface area contributed by atoms with E-state index >= 15 is 4.39 Å². The summed E-state index contributed by atoms with van der Waals surface area (Å²) >= 11 is 0. The summed E-state index contributed by atoms with van der Waals surface area (Å²) in [4.78, 5) is 21.3. The minimum absolute atomic E-state index is 0.00130. The van der Waals surface area contributed by atoms with E-state index in [9.17, 15) is 4.79 Å². The van der Waals surface area contributed by atoms with E-state index < -0.39 is 5.82 Å². The van der Waals surface area contributed by atoms with Crippen LogP contribution in [0, 0.1) is 19.7 Å². The molecule has 0 bridgehead atoms. The highest BCUT2D eigenvalue weighted by molar-refractivity contribution is 6.00. The molecule has 1 N–H and O–H groups in total. The molecule has 0 radical (unpaired) electrons. The molecule has 0 atom stereocenters. The van der Waals surface area contributed by atoms with E-state index in [2.05, 4.69) is 15.3 Å². The molecular formula is C29H25FN4O3. The van der Waals surface area contributed by atoms with Gasteiger partial charge in [-0.2, -0.15) is 0 Å². The number of nitrogens with zero attached hydrogens (tertiary/aromatic N) is 3. The number of hydrogen-bond donors (Lipinski definition) is 1. The lowest BCUT2D eigenvalue weighted by molar-refractivity contribution is 0.104. The highest BCUT2D eigenvalue weighted by Gasteiger charge is 2.19. The van der Waals surface area contributed by atoms with Gasteiger partial charge in [-0.1, -0.05) is 42.5 Å². The second-order valence-electron chi connectivity index (χ2n) is 8.66. The fraction of sp³-hybridized carbons (Fsp3) is 0.138. The quantitative estimate of drug-likeness (QED) is 0.269. The van der Waals surface area contributed by atoms with E-state index in [4.69, 9.17) is 9.47 Å². The summed E-state index contributed by atoms with van der Waals surface area (Å²) < 4.78 is 28.4. The molecule has 186 valence electrons. The van der Waals surface area contributed by atoms with E-state index in [0.717, 1.165) is 11.1 Å². The lowest BCUT2D eigenvalue weighted by atomic mass is 10.2. The van der Waals surface area contributed by atoms with E-state index in [1.165, 1.54) is 17.0 Å². The standard InChI is InChI=1S/C29H25FN4O3/c1-19-7-6-10-22(13-19)33-29(35)34-20(2)14-24-25(34)11-12-26(28(24)30)37-27-15-23(31-18-32-27)17-36-16-21-8-4-3-5-9-21/h3-15,18H,16-17H2,1-2H3,(H,33,35). The lowest BCUT2D eigenvalue weighted by Gasteiger charge is -2.11. The van der Waals surface area contributed by atoms with E-state index in [-0.39, 0.29) is 29.7 Å². The molecule has 0 saturated heterocycles. The van der Waals surface area contributed by atoms with Gasteiger partial charge in [-0.15, -0.1) is 0 Å². The van der Waals surface area contributed by atoms with Crippen LogP contribution in [0.15, 0.2) is 85.2 Å². The zero-order valence-corrected chi connectivity index (χ0v) is 20.4. The van der Waals surface area contributed by atoms with Crippen molar-refractivity contribution in [2.75, 3.05) is 5.32 Å². The first-order valence-corrected chi connectivity index (χ1v) is 11.8. The summed E-state index contributed by atoms with van der Waals surface area (Å²) in [6.07, 6.45) is 1.35. The Hall–Kier alpha value is -4.56. The van der Waals surface area contributed by atoms with Crippen molar-refractivity contribution in [3.05, 3.63) is 114 Å². The van der Waals surface area contributed by atoms with Gasteiger partial charge in [-0.25, -0.2) is 19.2 Å². The van der Waals surface area contributed by atoms with E-state index in [1.54, 1.807) is 31.2 Å². The normalized spacial score (nSPS) is 11.0. The number of fused-ring (bicyclic) bond motifs is 1. The number of carbonyl (C=O) groups excluding carboxylic acids is 1. The van der Waals surface area contributed by atoms with Gasteiger partial charge in [0.2, 0.25) is 5.88 Å². The topological polar surface area (TPSA) is 78.3 Å². The third-order valence-electron chi connectivity index (χ3n) is 5.82. The Morgan fingerprint density at radius 2 is 1.78 bits per heavy atom. The van der Waals surface area contributed by atoms with Crippen LogP contribution < -0.4 is 10.1 Å². The molecule has 0 fully saturated rings. The summed E-state index contributed by atoms with van der Waals surface area (Å²) in [7, 11) is 0. The molecule has 0 unspecified atom stereocenters. The third kappa shape index (κ3) is 5.49. The van der Waals surface area contributed by atoms with Gasteiger partial charge < -0.3 is 14.8 Å². The maximum Gasteiger partial charge on any atom is 0.330 e. The molecule has 0 aliphatic heterocycles. The van der Waals surface area contributed by atoms with Crippen molar-refractivity contribution in [2.24, 2.45) is 0 Å². The van der Waals surface area contributed by atoms with Crippen molar-refractivity contribution in [1.29, 1.82) is 0 Å². The minimum Gasteiger partial charge on any atom is -0.436 e. The molecule has 3 aromatic carbocycles. The van der Waals surface area contributed by atoms with Crippen LogP contribution in [0.2, 0.25) is 0 Å². The van der Waals surface area contributed by atoms with Gasteiger partial charge in [0.1, 0.15) is 6.33 Å². The predicted octanol–water partition coefficient (Wildman–Crippen LogP) is 6.78. The molecule has 8 heteroatoms. The van der Waals surface area contributed by atoms with Crippen molar-refractivity contribution >= 4 is 22.6 Å². The van der Waals surface area contributed by atoms with Crippen molar-refractivity contribution < 1.29 is 18.7 Å². The van der Waals surface area contributed by atoms with Gasteiger partial charge in [0, 0.05) is 22.8 Å². The van der Waals surface area contributed by atoms with Crippen LogP contribution in [0.25, 0.3) is 10.9 Å². The van der Waals surface area contributed by atoms with E-state index in [0.29, 0.717) is 29.2 Å². The van der Waals surface area contributed by atoms with Crippen LogP contribution in [0.5, 0.6) is 11.6 Å². The number of anilines is 1. The molecule has 1 amide bonds. The van der Waals surface area contributed by atoms with Gasteiger partial charge in [-0.05, 0) is 55.3 Å².